The number of nitrogens with zero attached hydrogens (tertiary/aromatic N) is 2. The highest BCUT2D eigenvalue weighted by Gasteiger charge is 2.18. The fraction of sp³-hybridized carbons (Fsp3) is 0.0556. The average Bonchev–Trinajstić information content (AvgIpc) is 2.99. The Morgan fingerprint density at radius 1 is 1.20 bits per heavy atom. The highest BCUT2D eigenvalue weighted by atomic mass is 19.1. The van der Waals surface area contributed by atoms with Gasteiger partial charge in [-0.2, -0.15) is 5.10 Å². The molecule has 0 atom stereocenters. The number of aliphatic imine (C=N–C) groups is 1. The standard InChI is InChI=1S/C18H15FN4O2/c19-13-5-1-11(2-6-13)9-15-16(17(20)25)18(23-22-15)21-10-12-3-7-14(24)8-4-12/h1-8,10,24H,9H2,(H2,20,25)(H,22,23). The summed E-state index contributed by atoms with van der Waals surface area (Å²) in [7, 11) is 0. The van der Waals surface area contributed by atoms with E-state index in [1.165, 1.54) is 30.5 Å². The van der Waals surface area contributed by atoms with Crippen LogP contribution in [0.15, 0.2) is 53.5 Å². The van der Waals surface area contributed by atoms with Crippen LogP contribution in [0.1, 0.15) is 27.2 Å². The number of hydrogen-bond donors (Lipinski definition) is 3. The van der Waals surface area contributed by atoms with E-state index >= 15 is 0 Å². The molecule has 6 nitrogen and oxygen atoms in total. The Balaban J connectivity index is 1.87. The van der Waals surface area contributed by atoms with Crippen molar-refractivity contribution in [2.24, 2.45) is 10.7 Å². The molecule has 0 aliphatic rings. The summed E-state index contributed by atoms with van der Waals surface area (Å²) in [6.07, 6.45) is 1.87. The maximum atomic E-state index is 13.0. The Hall–Kier alpha value is -3.48. The summed E-state index contributed by atoms with van der Waals surface area (Å²) in [5.74, 6) is -0.652. The number of phenolic OH excluding ortho intramolecular Hbond substituents is 1. The summed E-state index contributed by atoms with van der Waals surface area (Å²) in [4.78, 5) is 16.0. The van der Waals surface area contributed by atoms with E-state index in [9.17, 15) is 14.3 Å². The van der Waals surface area contributed by atoms with Gasteiger partial charge in [0.15, 0.2) is 5.82 Å². The second-order valence-corrected chi connectivity index (χ2v) is 5.42. The number of rotatable bonds is 5. The minimum atomic E-state index is -0.649. The largest absolute Gasteiger partial charge is 0.508 e. The van der Waals surface area contributed by atoms with Crippen molar-refractivity contribution < 1.29 is 14.3 Å². The molecule has 3 rings (SSSR count). The summed E-state index contributed by atoms with van der Waals surface area (Å²) >= 11 is 0. The number of amides is 1. The molecular weight excluding hydrogens is 323 g/mol. The highest BCUT2D eigenvalue weighted by Crippen LogP contribution is 2.22. The van der Waals surface area contributed by atoms with Gasteiger partial charge in [0.1, 0.15) is 17.1 Å². The summed E-state index contributed by atoms with van der Waals surface area (Å²) in [5.41, 5.74) is 7.71. The number of H-pyrrole nitrogens is 1. The number of aromatic amines is 1. The van der Waals surface area contributed by atoms with Crippen LogP contribution in [0.25, 0.3) is 0 Å². The lowest BCUT2D eigenvalue weighted by Crippen LogP contribution is -2.13. The number of aromatic hydroxyl groups is 1. The van der Waals surface area contributed by atoms with Crippen LogP contribution in [0.2, 0.25) is 0 Å². The maximum absolute atomic E-state index is 13.0. The van der Waals surface area contributed by atoms with Crippen LogP contribution in [0.4, 0.5) is 10.2 Å². The molecule has 0 aliphatic heterocycles. The number of nitrogens with two attached hydrogens (primary N) is 1. The van der Waals surface area contributed by atoms with Crippen molar-refractivity contribution in [3.05, 3.63) is 76.7 Å². The number of halogens is 1. The normalized spacial score (nSPS) is 11.1. The van der Waals surface area contributed by atoms with E-state index < -0.39 is 5.91 Å². The van der Waals surface area contributed by atoms with Gasteiger partial charge in [0.05, 0.1) is 5.69 Å². The number of primary amides is 1. The lowest BCUT2D eigenvalue weighted by Gasteiger charge is -2.01. The smallest absolute Gasteiger partial charge is 0.254 e. The summed E-state index contributed by atoms with van der Waals surface area (Å²) in [6, 6.07) is 12.4. The van der Waals surface area contributed by atoms with E-state index in [4.69, 9.17) is 5.73 Å². The van der Waals surface area contributed by atoms with E-state index in [-0.39, 0.29) is 22.9 Å². The molecule has 0 bridgehead atoms. The third-order valence-corrected chi connectivity index (χ3v) is 3.59. The Labute approximate surface area is 142 Å². The van der Waals surface area contributed by atoms with Crippen LogP contribution in [0, 0.1) is 5.82 Å². The zero-order chi connectivity index (χ0) is 17.8. The molecule has 1 amide bonds. The van der Waals surface area contributed by atoms with Gasteiger partial charge in [-0.1, -0.05) is 12.1 Å². The van der Waals surface area contributed by atoms with Crippen LogP contribution in [0.5, 0.6) is 5.75 Å². The van der Waals surface area contributed by atoms with Crippen LogP contribution in [-0.2, 0) is 6.42 Å². The molecule has 7 heteroatoms. The van der Waals surface area contributed by atoms with Gasteiger partial charge in [-0.15, -0.1) is 0 Å². The second-order valence-electron chi connectivity index (χ2n) is 5.42. The molecule has 0 spiro atoms. The monoisotopic (exact) mass is 338 g/mol. The molecule has 1 aromatic heterocycles. The first-order valence-corrected chi connectivity index (χ1v) is 7.47. The molecule has 4 N–H and O–H groups in total. The zero-order valence-electron chi connectivity index (χ0n) is 13.1. The van der Waals surface area contributed by atoms with Crippen LogP contribution in [0.3, 0.4) is 0 Å². The molecule has 0 fully saturated rings. The van der Waals surface area contributed by atoms with Gasteiger partial charge in [-0.05, 0) is 47.5 Å². The lowest BCUT2D eigenvalue weighted by molar-refractivity contribution is 0.100. The number of hydrogen-bond acceptors (Lipinski definition) is 4. The lowest BCUT2D eigenvalue weighted by atomic mass is 10.1. The number of phenols is 1. The Kier molecular flexibility index (Phi) is 4.56. The van der Waals surface area contributed by atoms with E-state index in [0.29, 0.717) is 12.1 Å². The van der Waals surface area contributed by atoms with Crippen molar-refractivity contribution in [1.82, 2.24) is 10.2 Å². The van der Waals surface area contributed by atoms with Crippen molar-refractivity contribution >= 4 is 17.9 Å². The maximum Gasteiger partial charge on any atom is 0.254 e. The van der Waals surface area contributed by atoms with Gasteiger partial charge < -0.3 is 10.8 Å². The molecule has 0 radical (unpaired) electrons. The van der Waals surface area contributed by atoms with Gasteiger partial charge in [-0.25, -0.2) is 9.38 Å². The molecule has 3 aromatic rings. The zero-order valence-corrected chi connectivity index (χ0v) is 13.1. The quantitative estimate of drug-likeness (QED) is 0.623. The third-order valence-electron chi connectivity index (χ3n) is 3.59. The number of benzene rings is 2. The summed E-state index contributed by atoms with van der Waals surface area (Å²) in [5, 5.41) is 16.1. The van der Waals surface area contributed by atoms with Gasteiger partial charge in [0.25, 0.3) is 5.91 Å². The minimum absolute atomic E-state index is 0.149. The molecule has 2 aromatic carbocycles. The molecule has 0 saturated carbocycles. The first kappa shape index (κ1) is 16.4. The SMILES string of the molecule is NC(=O)c1c(N=Cc2ccc(O)cc2)n[nH]c1Cc1ccc(F)cc1. The van der Waals surface area contributed by atoms with E-state index in [2.05, 4.69) is 15.2 Å². The van der Waals surface area contributed by atoms with Crippen LogP contribution < -0.4 is 5.73 Å². The Bertz CT molecular complexity index is 915. The van der Waals surface area contributed by atoms with Gasteiger partial charge >= 0.3 is 0 Å². The number of carbonyl (C=O) groups is 1. The Morgan fingerprint density at radius 3 is 2.52 bits per heavy atom. The first-order valence-electron chi connectivity index (χ1n) is 7.47. The number of carbonyl (C=O) groups excluding carboxylic acids is 1. The van der Waals surface area contributed by atoms with Gasteiger partial charge in [0, 0.05) is 12.6 Å². The van der Waals surface area contributed by atoms with Gasteiger partial charge in [-0.3, -0.25) is 9.89 Å². The van der Waals surface area contributed by atoms with Gasteiger partial charge in [0.2, 0.25) is 0 Å². The molecule has 25 heavy (non-hydrogen) atoms. The summed E-state index contributed by atoms with van der Waals surface area (Å²) < 4.78 is 13.0. The van der Waals surface area contributed by atoms with Crippen molar-refractivity contribution in [1.29, 1.82) is 0 Å². The van der Waals surface area contributed by atoms with Crippen molar-refractivity contribution in [3.63, 3.8) is 0 Å². The highest BCUT2D eigenvalue weighted by molar-refractivity contribution is 5.99. The van der Waals surface area contributed by atoms with Crippen LogP contribution in [-0.4, -0.2) is 27.4 Å². The molecule has 0 saturated heterocycles. The third kappa shape index (κ3) is 3.89. The van der Waals surface area contributed by atoms with E-state index in [1.807, 2.05) is 0 Å². The second kappa shape index (κ2) is 6.96. The predicted molar refractivity (Wildman–Crippen MR) is 91.7 cm³/mol. The van der Waals surface area contributed by atoms with E-state index in [0.717, 1.165) is 11.1 Å². The topological polar surface area (TPSA) is 104 Å². The predicted octanol–water partition coefficient (Wildman–Crippen LogP) is 2.69. The average molecular weight is 338 g/mol. The minimum Gasteiger partial charge on any atom is -0.508 e. The number of nitrogens with one attached hydrogen (secondary N) is 1. The van der Waals surface area contributed by atoms with E-state index in [1.54, 1.807) is 24.3 Å². The van der Waals surface area contributed by atoms with Crippen molar-refractivity contribution in [3.8, 4) is 5.75 Å². The first-order chi connectivity index (χ1) is 12.0. The fourth-order valence-electron chi connectivity index (χ4n) is 2.35. The molecule has 0 unspecified atom stereocenters. The fourth-order valence-corrected chi connectivity index (χ4v) is 2.35. The molecule has 126 valence electrons. The Morgan fingerprint density at radius 2 is 1.88 bits per heavy atom. The van der Waals surface area contributed by atoms with Crippen molar-refractivity contribution in [2.75, 3.05) is 0 Å². The molecule has 1 heterocycles. The van der Waals surface area contributed by atoms with Crippen molar-refractivity contribution in [2.45, 2.75) is 6.42 Å². The molecular formula is C18H15FN4O2. The van der Waals surface area contributed by atoms with Crippen LogP contribution >= 0.6 is 0 Å². The number of aromatic nitrogens is 2. The molecule has 0 aliphatic carbocycles. The summed E-state index contributed by atoms with van der Waals surface area (Å²) in [6.45, 7) is 0.